The Balaban J connectivity index is 1.62. The molecule has 1 heterocycles. The molecule has 0 saturated carbocycles. The summed E-state index contributed by atoms with van der Waals surface area (Å²) >= 11 is 0. The summed E-state index contributed by atoms with van der Waals surface area (Å²) in [5, 5.41) is 20.2. The van der Waals surface area contributed by atoms with Crippen LogP contribution < -0.4 is 4.90 Å². The number of nitrogens with zero attached hydrogens (tertiary/aromatic N) is 4. The Morgan fingerprint density at radius 2 is 1.69 bits per heavy atom. The van der Waals surface area contributed by atoms with Crippen molar-refractivity contribution in [2.24, 2.45) is 0 Å². The molecule has 4 aromatic rings. The van der Waals surface area contributed by atoms with Gasteiger partial charge in [-0.05, 0) is 68.3 Å². The van der Waals surface area contributed by atoms with Crippen LogP contribution in [0, 0.1) is 6.92 Å². The van der Waals surface area contributed by atoms with E-state index in [1.54, 1.807) is 0 Å². The van der Waals surface area contributed by atoms with Crippen LogP contribution in [0.1, 0.15) is 30.5 Å². The number of phenols is 1. The minimum Gasteiger partial charge on any atom is -0.505 e. The van der Waals surface area contributed by atoms with Gasteiger partial charge in [-0.25, -0.2) is 4.79 Å². The summed E-state index contributed by atoms with van der Waals surface area (Å²) in [7, 11) is 1.25. The number of phenolic OH excluding ortho intramolecular Hbond substituents is 1. The summed E-state index contributed by atoms with van der Waals surface area (Å²) < 4.78 is 4.70. The normalized spacial score (nSPS) is 11.5. The molecule has 0 fully saturated rings. The molecular formula is C28H28N4O4. The van der Waals surface area contributed by atoms with Gasteiger partial charge in [-0.3, -0.25) is 4.79 Å². The number of aromatic nitrogens is 3. The van der Waals surface area contributed by atoms with E-state index in [4.69, 9.17) is 4.74 Å². The number of methoxy groups -OCH3 is 1. The van der Waals surface area contributed by atoms with Crippen LogP contribution in [0.3, 0.4) is 0 Å². The number of fused-ring (bicyclic) bond motifs is 1. The number of hydrogen-bond acceptors (Lipinski definition) is 7. The third-order valence-corrected chi connectivity index (χ3v) is 5.91. The lowest BCUT2D eigenvalue weighted by atomic mass is 10.1. The largest absolute Gasteiger partial charge is 0.505 e. The van der Waals surface area contributed by atoms with Crippen LogP contribution in [0.4, 0.5) is 5.69 Å². The number of aromatic hydroxyl groups is 1. The summed E-state index contributed by atoms with van der Waals surface area (Å²) in [5.74, 6) is -0.887. The van der Waals surface area contributed by atoms with Gasteiger partial charge in [-0.15, -0.1) is 15.0 Å². The average Bonchev–Trinajstić information content (AvgIpc) is 3.31. The first-order chi connectivity index (χ1) is 17.3. The van der Waals surface area contributed by atoms with Crippen molar-refractivity contribution in [2.45, 2.75) is 27.3 Å². The zero-order valence-corrected chi connectivity index (χ0v) is 20.7. The quantitative estimate of drug-likeness (QED) is 0.169. The molecule has 0 amide bonds. The maximum atomic E-state index is 11.9. The molecule has 0 aliphatic carbocycles. The molecule has 36 heavy (non-hydrogen) atoms. The van der Waals surface area contributed by atoms with E-state index in [1.165, 1.54) is 24.9 Å². The smallest absolute Gasteiger partial charge is 0.341 e. The van der Waals surface area contributed by atoms with E-state index in [0.717, 1.165) is 27.8 Å². The van der Waals surface area contributed by atoms with Crippen LogP contribution in [0.25, 0.3) is 22.8 Å². The second-order valence-electron chi connectivity index (χ2n) is 8.48. The first-order valence-electron chi connectivity index (χ1n) is 11.6. The minimum atomic E-state index is -0.660. The van der Waals surface area contributed by atoms with E-state index in [-0.39, 0.29) is 17.1 Å². The van der Waals surface area contributed by atoms with E-state index in [2.05, 4.69) is 15.1 Å². The Morgan fingerprint density at radius 3 is 2.25 bits per heavy atom. The molecule has 8 nitrogen and oxygen atoms in total. The number of Topliss-reactive ketones (excluding diaryl/α,β-unsaturated/α-hetero) is 1. The van der Waals surface area contributed by atoms with E-state index in [9.17, 15) is 14.7 Å². The molecule has 0 radical (unpaired) electrons. The van der Waals surface area contributed by atoms with E-state index >= 15 is 0 Å². The van der Waals surface area contributed by atoms with Crippen molar-refractivity contribution in [3.63, 3.8) is 0 Å². The highest BCUT2D eigenvalue weighted by atomic mass is 16.5. The molecule has 1 aromatic heterocycles. The van der Waals surface area contributed by atoms with Crippen LogP contribution in [0.2, 0.25) is 0 Å². The highest BCUT2D eigenvalue weighted by molar-refractivity contribution is 6.19. The average molecular weight is 485 g/mol. The Kier molecular flexibility index (Phi) is 7.15. The van der Waals surface area contributed by atoms with Crippen molar-refractivity contribution in [2.75, 3.05) is 18.6 Å². The van der Waals surface area contributed by atoms with Crippen LogP contribution in [0.15, 0.2) is 66.2 Å². The second kappa shape index (κ2) is 10.4. The zero-order valence-electron chi connectivity index (χ0n) is 20.7. The predicted molar refractivity (Wildman–Crippen MR) is 139 cm³/mol. The molecule has 4 rings (SSSR count). The molecule has 184 valence electrons. The lowest BCUT2D eigenvalue weighted by Gasteiger charge is -2.24. The number of carbonyl (C=O) groups is 2. The third-order valence-electron chi connectivity index (χ3n) is 5.91. The van der Waals surface area contributed by atoms with Gasteiger partial charge in [0, 0.05) is 24.3 Å². The molecule has 1 N–H and O–H groups in total. The van der Waals surface area contributed by atoms with E-state index < -0.39 is 5.97 Å². The van der Waals surface area contributed by atoms with Crippen LogP contribution in [0.5, 0.6) is 5.75 Å². The van der Waals surface area contributed by atoms with Crippen molar-refractivity contribution < 1.29 is 19.4 Å². The summed E-state index contributed by atoms with van der Waals surface area (Å²) in [6.07, 6.45) is 1.52. The maximum absolute atomic E-state index is 11.9. The van der Waals surface area contributed by atoms with Gasteiger partial charge in [-0.2, -0.15) is 0 Å². The fourth-order valence-corrected chi connectivity index (χ4v) is 4.03. The predicted octanol–water partition coefficient (Wildman–Crippen LogP) is 4.61. The molecule has 0 aliphatic rings. The van der Waals surface area contributed by atoms with E-state index in [0.29, 0.717) is 24.3 Å². The van der Waals surface area contributed by atoms with Gasteiger partial charge in [0.05, 0.1) is 7.11 Å². The Hall–Kier alpha value is -4.46. The molecule has 3 aromatic carbocycles. The summed E-state index contributed by atoms with van der Waals surface area (Å²) in [6.45, 7) is 6.51. The zero-order chi connectivity index (χ0) is 25.8. The second-order valence-corrected chi connectivity index (χ2v) is 8.48. The Labute approximate surface area is 209 Å². The highest BCUT2D eigenvalue weighted by Gasteiger charge is 2.17. The lowest BCUT2D eigenvalue weighted by molar-refractivity contribution is -0.137. The Morgan fingerprint density at radius 1 is 1.06 bits per heavy atom. The molecule has 0 saturated heterocycles. The number of hydrogen-bond donors (Lipinski definition) is 1. The van der Waals surface area contributed by atoms with Gasteiger partial charge < -0.3 is 14.7 Å². The molecule has 8 heteroatoms. The number of esters is 1. The molecule has 0 spiro atoms. The van der Waals surface area contributed by atoms with Gasteiger partial charge in [0.2, 0.25) is 0 Å². The van der Waals surface area contributed by atoms with Crippen LogP contribution in [-0.2, 0) is 20.9 Å². The molecule has 0 bridgehead atoms. The SMILES string of the molecule is CCN(Cc1cc(C)cc(-n2nc3ccccc3n2)c1O)c1ccc(/C=C(/C(C)=O)C(=O)OC)cc1. The number of carbonyl (C=O) groups excluding carboxylic acids is 2. The van der Waals surface area contributed by atoms with Crippen LogP contribution >= 0.6 is 0 Å². The highest BCUT2D eigenvalue weighted by Crippen LogP contribution is 2.30. The third kappa shape index (κ3) is 5.12. The lowest BCUT2D eigenvalue weighted by Crippen LogP contribution is -2.22. The number of ether oxygens (including phenoxy) is 1. The molecule has 0 aliphatic heterocycles. The maximum Gasteiger partial charge on any atom is 0.341 e. The molecular weight excluding hydrogens is 456 g/mol. The topological polar surface area (TPSA) is 97.5 Å². The van der Waals surface area contributed by atoms with Gasteiger partial charge in [0.25, 0.3) is 0 Å². The van der Waals surface area contributed by atoms with E-state index in [1.807, 2.05) is 74.5 Å². The molecule has 0 unspecified atom stereocenters. The number of benzene rings is 3. The van der Waals surface area contributed by atoms with Gasteiger partial charge >= 0.3 is 5.97 Å². The fraction of sp³-hybridized carbons (Fsp3) is 0.214. The number of ketones is 1. The van der Waals surface area contributed by atoms with Crippen molar-refractivity contribution in [3.05, 3.63) is 82.9 Å². The number of rotatable bonds is 8. The first kappa shape index (κ1) is 24.7. The Bertz CT molecular complexity index is 1420. The monoisotopic (exact) mass is 484 g/mol. The summed E-state index contributed by atoms with van der Waals surface area (Å²) in [4.78, 5) is 27.3. The van der Waals surface area contributed by atoms with Gasteiger partial charge in [0.1, 0.15) is 28.0 Å². The van der Waals surface area contributed by atoms with Crippen molar-refractivity contribution in [1.82, 2.24) is 15.0 Å². The van der Waals surface area contributed by atoms with Crippen molar-refractivity contribution >= 4 is 34.5 Å². The van der Waals surface area contributed by atoms with Gasteiger partial charge in [-0.1, -0.05) is 30.3 Å². The standard InChI is InChI=1S/C28H28N4O4/c1-5-31(22-12-10-20(11-13-22)16-23(19(3)33)28(35)36-4)17-21-14-18(2)15-26(27(21)34)32-29-24-8-6-7-9-25(24)30-32/h6-16,34H,5,17H2,1-4H3/b23-16-. The van der Waals surface area contributed by atoms with Crippen LogP contribution in [-0.4, -0.2) is 45.5 Å². The van der Waals surface area contributed by atoms with Gasteiger partial charge in [0.15, 0.2) is 5.78 Å². The fourth-order valence-electron chi connectivity index (χ4n) is 4.03. The summed E-state index contributed by atoms with van der Waals surface area (Å²) in [6, 6.07) is 18.9. The number of aryl methyl sites for hydroxylation is 1. The number of anilines is 1. The first-order valence-corrected chi connectivity index (χ1v) is 11.6. The minimum absolute atomic E-state index is 0.00491. The summed E-state index contributed by atoms with van der Waals surface area (Å²) in [5.41, 5.74) is 5.41. The van der Waals surface area contributed by atoms with Crippen molar-refractivity contribution in [1.29, 1.82) is 0 Å². The molecule has 0 atom stereocenters. The van der Waals surface area contributed by atoms with Crippen molar-refractivity contribution in [3.8, 4) is 11.4 Å².